The van der Waals surface area contributed by atoms with E-state index in [9.17, 15) is 13.5 Å². The third-order valence-electron chi connectivity index (χ3n) is 5.44. The summed E-state index contributed by atoms with van der Waals surface area (Å²) in [6.07, 6.45) is 15.1. The number of para-hydroxylation sites is 1. The Morgan fingerprint density at radius 1 is 0.844 bits per heavy atom. The van der Waals surface area contributed by atoms with Gasteiger partial charge < -0.3 is 9.84 Å². The summed E-state index contributed by atoms with van der Waals surface area (Å²) < 4.78 is 37.2. The molecule has 0 aliphatic heterocycles. The van der Waals surface area contributed by atoms with Crippen LogP contribution in [0.4, 0.5) is 0 Å². The van der Waals surface area contributed by atoms with Crippen LogP contribution in [0, 0.1) is 0 Å². The van der Waals surface area contributed by atoms with Gasteiger partial charge in [-0.3, -0.25) is 4.55 Å². The fraction of sp³-hybridized carbons (Fsp3) is 0.520. The molecule has 7 heteroatoms. The van der Waals surface area contributed by atoms with Gasteiger partial charge in [-0.1, -0.05) is 95.1 Å². The molecule has 172 valence electrons. The van der Waals surface area contributed by atoms with Crippen LogP contribution < -0.4 is 61.2 Å². The molecule has 0 heterocycles. The normalized spacial score (nSPS) is 11.2. The Morgan fingerprint density at radius 3 is 1.97 bits per heavy atom. The molecule has 0 atom stereocenters. The molecule has 0 spiro atoms. The van der Waals surface area contributed by atoms with E-state index < -0.39 is 20.8 Å². The molecule has 0 aliphatic carbocycles. The first-order chi connectivity index (χ1) is 14.9. The van der Waals surface area contributed by atoms with E-state index in [0.717, 1.165) is 30.5 Å². The fourth-order valence-corrected chi connectivity index (χ4v) is 4.23. The number of hydrogen-bond donors (Lipinski definition) is 1. The molecule has 2 rings (SSSR count). The Morgan fingerprint density at radius 2 is 1.41 bits per heavy atom. The number of unbranched alkanes of at least 4 members (excludes halogenated alkanes) is 10. The van der Waals surface area contributed by atoms with Crippen molar-refractivity contribution in [2.24, 2.45) is 0 Å². The van der Waals surface area contributed by atoms with Crippen molar-refractivity contribution in [2.45, 2.75) is 88.9 Å². The molecule has 2 aromatic carbocycles. The van der Waals surface area contributed by atoms with Crippen molar-refractivity contribution in [3.63, 3.8) is 0 Å². The minimum absolute atomic E-state index is 0. The second-order valence-corrected chi connectivity index (χ2v) is 9.47. The zero-order valence-electron chi connectivity index (χ0n) is 19.5. The molecule has 32 heavy (non-hydrogen) atoms. The molecule has 5 nitrogen and oxygen atoms in total. The molecule has 0 saturated carbocycles. The van der Waals surface area contributed by atoms with Gasteiger partial charge >= 0.3 is 51.4 Å². The Hall–Kier alpha value is -0.414. The summed E-state index contributed by atoms with van der Waals surface area (Å²) in [6.45, 7) is 2.25. The van der Waals surface area contributed by atoms with Crippen LogP contribution >= 0.6 is 0 Å². The number of aryl methyl sites for hydroxylation is 1. The van der Waals surface area contributed by atoms with E-state index in [2.05, 4.69) is 6.92 Å². The minimum Gasteiger partial charge on any atom is -0.871 e. The third-order valence-corrected chi connectivity index (χ3v) is 6.34. The Labute approximate surface area is 236 Å². The van der Waals surface area contributed by atoms with Crippen LogP contribution in [0.15, 0.2) is 47.4 Å². The van der Waals surface area contributed by atoms with Gasteiger partial charge in [-0.25, -0.2) is 0 Å². The van der Waals surface area contributed by atoms with Crippen LogP contribution in [0.1, 0.15) is 83.1 Å². The summed E-state index contributed by atoms with van der Waals surface area (Å²) >= 11 is 0. The first kappa shape index (κ1) is 29.6. The van der Waals surface area contributed by atoms with Gasteiger partial charge in [0.2, 0.25) is 0 Å². The van der Waals surface area contributed by atoms with Gasteiger partial charge in [0.1, 0.15) is 11.5 Å². The van der Waals surface area contributed by atoms with E-state index in [0.29, 0.717) is 5.75 Å². The number of hydrogen-bond acceptors (Lipinski definition) is 4. The van der Waals surface area contributed by atoms with E-state index in [-0.39, 0.29) is 57.1 Å². The maximum Gasteiger partial charge on any atom is 1.00 e. The average Bonchev–Trinajstić information content (AvgIpc) is 2.72. The number of ether oxygens (including phenoxy) is 1. The standard InChI is InChI=1S/C25H36O5S.K/c1-2-3-4-5-6-7-8-9-10-11-12-15-21-16-13-14-17-24(21)30-22-18-19-25(23(26)20-22)31(27,28)29;/h13-14,16-20,26H,2-12,15H2,1H3,(H,27,28,29);/q;+1/p-1. The molecule has 0 amide bonds. The summed E-state index contributed by atoms with van der Waals surface area (Å²) in [5.74, 6) is 0.125. The van der Waals surface area contributed by atoms with E-state index in [1.54, 1.807) is 0 Å². The van der Waals surface area contributed by atoms with E-state index in [1.807, 2.05) is 24.3 Å². The topological polar surface area (TPSA) is 86.7 Å². The maximum atomic E-state index is 11.9. The summed E-state index contributed by atoms with van der Waals surface area (Å²) in [5.41, 5.74) is 1.06. The molecular weight excluding hydrogens is 451 g/mol. The quantitative estimate of drug-likeness (QED) is 0.236. The van der Waals surface area contributed by atoms with Gasteiger partial charge in [-0.2, -0.15) is 8.42 Å². The van der Waals surface area contributed by atoms with Gasteiger partial charge in [0.25, 0.3) is 10.1 Å². The monoisotopic (exact) mass is 486 g/mol. The largest absolute Gasteiger partial charge is 1.00 e. The van der Waals surface area contributed by atoms with Crippen LogP contribution in [0.2, 0.25) is 0 Å². The van der Waals surface area contributed by atoms with Crippen molar-refractivity contribution in [3.05, 3.63) is 48.0 Å². The van der Waals surface area contributed by atoms with Crippen molar-refractivity contribution in [1.29, 1.82) is 0 Å². The summed E-state index contributed by atoms with van der Waals surface area (Å²) in [6, 6.07) is 11.2. The first-order valence-corrected chi connectivity index (χ1v) is 12.9. The van der Waals surface area contributed by atoms with Crippen LogP contribution in [-0.2, 0) is 16.5 Å². The minimum atomic E-state index is -4.53. The zero-order valence-corrected chi connectivity index (χ0v) is 23.5. The summed E-state index contributed by atoms with van der Waals surface area (Å²) in [5, 5.41) is 11.9. The van der Waals surface area contributed by atoms with Crippen LogP contribution in [-0.4, -0.2) is 13.0 Å². The van der Waals surface area contributed by atoms with Gasteiger partial charge in [0.15, 0.2) is 0 Å². The van der Waals surface area contributed by atoms with E-state index in [1.165, 1.54) is 70.3 Å². The molecule has 0 saturated heterocycles. The van der Waals surface area contributed by atoms with Crippen molar-refractivity contribution < 1.29 is 74.2 Å². The predicted molar refractivity (Wildman–Crippen MR) is 122 cm³/mol. The van der Waals surface area contributed by atoms with Gasteiger partial charge in [0.05, 0.1) is 4.90 Å². The Balaban J connectivity index is 0.00000512. The van der Waals surface area contributed by atoms with Gasteiger partial charge in [0, 0.05) is 0 Å². The van der Waals surface area contributed by atoms with Gasteiger partial charge in [-0.05, 0) is 42.7 Å². The van der Waals surface area contributed by atoms with E-state index in [4.69, 9.17) is 9.29 Å². The molecule has 0 aliphatic rings. The Kier molecular flexibility index (Phi) is 15.0. The van der Waals surface area contributed by atoms with Crippen LogP contribution in [0.3, 0.4) is 0 Å². The fourth-order valence-electron chi connectivity index (χ4n) is 3.68. The molecule has 2 aromatic rings. The van der Waals surface area contributed by atoms with Crippen LogP contribution in [0.25, 0.3) is 0 Å². The van der Waals surface area contributed by atoms with Crippen molar-refractivity contribution >= 4 is 10.1 Å². The molecule has 0 fully saturated rings. The Bertz CT molecular complexity index is 899. The average molecular weight is 487 g/mol. The first-order valence-electron chi connectivity index (χ1n) is 11.5. The predicted octanol–water partition coefficient (Wildman–Crippen LogP) is 3.66. The van der Waals surface area contributed by atoms with Crippen molar-refractivity contribution in [1.82, 2.24) is 0 Å². The maximum absolute atomic E-state index is 11.9. The zero-order chi connectivity index (χ0) is 22.5. The third kappa shape index (κ3) is 11.1. The SMILES string of the molecule is CCCCCCCCCCCCCc1ccccc1Oc1ccc(S(=O)(=O)O)c([O-])c1.[K+]. The summed E-state index contributed by atoms with van der Waals surface area (Å²) in [7, 11) is -4.53. The molecular formula is C25H35KO5S. The molecule has 0 bridgehead atoms. The van der Waals surface area contributed by atoms with Crippen molar-refractivity contribution in [2.75, 3.05) is 0 Å². The number of rotatable bonds is 15. The molecule has 0 radical (unpaired) electrons. The summed E-state index contributed by atoms with van der Waals surface area (Å²) in [4.78, 5) is -0.644. The second kappa shape index (κ2) is 16.3. The molecule has 0 unspecified atom stereocenters. The number of benzene rings is 2. The smallest absolute Gasteiger partial charge is 0.871 e. The molecule has 1 N–H and O–H groups in total. The van der Waals surface area contributed by atoms with Crippen LogP contribution in [0.5, 0.6) is 17.2 Å². The van der Waals surface area contributed by atoms with Crippen molar-refractivity contribution in [3.8, 4) is 17.2 Å². The van der Waals surface area contributed by atoms with Gasteiger partial charge in [-0.15, -0.1) is 0 Å². The second-order valence-electron chi connectivity index (χ2n) is 8.08. The van der Waals surface area contributed by atoms with E-state index >= 15 is 0 Å². The molecule has 0 aromatic heterocycles.